The Balaban J connectivity index is 1.72. The van der Waals surface area contributed by atoms with E-state index in [2.05, 4.69) is 10.6 Å². The number of benzene rings is 2. The van der Waals surface area contributed by atoms with E-state index in [0.717, 1.165) is 16.8 Å². The first-order valence-electron chi connectivity index (χ1n) is 7.06. The van der Waals surface area contributed by atoms with Crippen LogP contribution in [-0.2, 0) is 11.3 Å². The number of amides is 1. The van der Waals surface area contributed by atoms with E-state index in [4.69, 9.17) is 23.2 Å². The first-order chi connectivity index (χ1) is 10.5. The van der Waals surface area contributed by atoms with Gasteiger partial charge >= 0.3 is 0 Å². The van der Waals surface area contributed by atoms with Crippen molar-refractivity contribution < 1.29 is 4.79 Å². The van der Waals surface area contributed by atoms with Crippen LogP contribution >= 0.6 is 23.2 Å². The van der Waals surface area contributed by atoms with E-state index < -0.39 is 0 Å². The molecule has 2 aromatic rings. The van der Waals surface area contributed by atoms with E-state index in [9.17, 15) is 4.79 Å². The number of hydrogen-bond acceptors (Lipinski definition) is 2. The molecule has 0 spiro atoms. The Labute approximate surface area is 140 Å². The highest BCUT2D eigenvalue weighted by atomic mass is 35.5. The van der Waals surface area contributed by atoms with Crippen LogP contribution in [0.4, 0.5) is 5.69 Å². The van der Waals surface area contributed by atoms with Gasteiger partial charge in [-0.2, -0.15) is 0 Å². The third kappa shape index (κ3) is 5.24. The van der Waals surface area contributed by atoms with Crippen molar-refractivity contribution in [1.29, 1.82) is 0 Å². The smallest absolute Gasteiger partial charge is 0.222 e. The molecule has 0 aliphatic rings. The largest absolute Gasteiger partial charge is 0.384 e. The van der Waals surface area contributed by atoms with Gasteiger partial charge in [0.05, 0.1) is 0 Å². The van der Waals surface area contributed by atoms with Crippen molar-refractivity contribution in [2.75, 3.05) is 11.9 Å². The monoisotopic (exact) mass is 336 g/mol. The summed E-state index contributed by atoms with van der Waals surface area (Å²) in [6.07, 6.45) is 0.412. The van der Waals surface area contributed by atoms with Crippen molar-refractivity contribution >= 4 is 34.8 Å². The van der Waals surface area contributed by atoms with Gasteiger partial charge in [0.1, 0.15) is 0 Å². The molecule has 2 rings (SSSR count). The number of hydrogen-bond donors (Lipinski definition) is 2. The summed E-state index contributed by atoms with van der Waals surface area (Å²) in [6, 6.07) is 13.1. The highest BCUT2D eigenvalue weighted by molar-refractivity contribution is 6.30. The van der Waals surface area contributed by atoms with Crippen molar-refractivity contribution in [2.24, 2.45) is 0 Å². The van der Waals surface area contributed by atoms with Crippen molar-refractivity contribution in [2.45, 2.75) is 19.9 Å². The van der Waals surface area contributed by atoms with Gasteiger partial charge in [0.2, 0.25) is 5.91 Å². The number of rotatable bonds is 6. The molecule has 0 radical (unpaired) electrons. The van der Waals surface area contributed by atoms with Crippen LogP contribution in [0, 0.1) is 6.92 Å². The summed E-state index contributed by atoms with van der Waals surface area (Å²) in [7, 11) is 0. The SMILES string of the molecule is Cc1cc(Cl)ccc1NCCC(=O)NCc1ccc(Cl)cc1. The Morgan fingerprint density at radius 2 is 1.73 bits per heavy atom. The van der Waals surface area contributed by atoms with Crippen molar-refractivity contribution in [3.63, 3.8) is 0 Å². The first kappa shape index (κ1) is 16.7. The molecule has 0 bridgehead atoms. The fraction of sp³-hybridized carbons (Fsp3) is 0.235. The predicted molar refractivity (Wildman–Crippen MR) is 92.6 cm³/mol. The van der Waals surface area contributed by atoms with E-state index in [-0.39, 0.29) is 5.91 Å². The lowest BCUT2D eigenvalue weighted by Crippen LogP contribution is -2.24. The fourth-order valence-corrected chi connectivity index (χ4v) is 2.38. The predicted octanol–water partition coefficient (Wildman–Crippen LogP) is 4.42. The lowest BCUT2D eigenvalue weighted by atomic mass is 10.2. The van der Waals surface area contributed by atoms with Gasteiger partial charge in [-0.25, -0.2) is 0 Å². The van der Waals surface area contributed by atoms with Gasteiger partial charge in [-0.3, -0.25) is 4.79 Å². The number of carbonyl (C=O) groups excluding carboxylic acids is 1. The van der Waals surface area contributed by atoms with Crippen LogP contribution in [0.3, 0.4) is 0 Å². The highest BCUT2D eigenvalue weighted by Crippen LogP contribution is 2.19. The van der Waals surface area contributed by atoms with Gasteiger partial charge in [0.15, 0.2) is 0 Å². The third-order valence-electron chi connectivity index (χ3n) is 3.26. The van der Waals surface area contributed by atoms with Crippen LogP contribution in [0.15, 0.2) is 42.5 Å². The Bertz CT molecular complexity index is 642. The van der Waals surface area contributed by atoms with Crippen LogP contribution in [0.1, 0.15) is 17.5 Å². The molecule has 22 heavy (non-hydrogen) atoms. The Morgan fingerprint density at radius 3 is 2.41 bits per heavy atom. The highest BCUT2D eigenvalue weighted by Gasteiger charge is 2.03. The molecule has 116 valence electrons. The van der Waals surface area contributed by atoms with Gasteiger partial charge in [0.25, 0.3) is 0 Å². The summed E-state index contributed by atoms with van der Waals surface area (Å²) in [6.45, 7) is 3.07. The van der Waals surface area contributed by atoms with Crippen molar-refractivity contribution in [3.05, 3.63) is 63.6 Å². The molecule has 0 heterocycles. The summed E-state index contributed by atoms with van der Waals surface area (Å²) >= 11 is 11.7. The molecule has 0 aliphatic heterocycles. The third-order valence-corrected chi connectivity index (χ3v) is 3.75. The molecule has 0 saturated carbocycles. The van der Waals surface area contributed by atoms with E-state index in [1.54, 1.807) is 0 Å². The van der Waals surface area contributed by atoms with E-state index in [0.29, 0.717) is 29.6 Å². The molecule has 2 aromatic carbocycles. The van der Waals surface area contributed by atoms with E-state index in [1.165, 1.54) is 0 Å². The van der Waals surface area contributed by atoms with Gasteiger partial charge in [-0.05, 0) is 48.4 Å². The summed E-state index contributed by atoms with van der Waals surface area (Å²) in [4.78, 5) is 11.8. The van der Waals surface area contributed by atoms with Crippen molar-refractivity contribution in [3.8, 4) is 0 Å². The lowest BCUT2D eigenvalue weighted by molar-refractivity contribution is -0.121. The maximum absolute atomic E-state index is 11.8. The summed E-state index contributed by atoms with van der Waals surface area (Å²) < 4.78 is 0. The molecular formula is C17H18Cl2N2O. The molecule has 0 unspecified atom stereocenters. The van der Waals surface area contributed by atoms with Gasteiger partial charge in [-0.1, -0.05) is 35.3 Å². The molecule has 2 N–H and O–H groups in total. The maximum Gasteiger partial charge on any atom is 0.222 e. The van der Waals surface area contributed by atoms with Gasteiger partial charge < -0.3 is 10.6 Å². The molecule has 0 aromatic heterocycles. The second kappa shape index (κ2) is 8.06. The molecule has 0 aliphatic carbocycles. The number of aryl methyl sites for hydroxylation is 1. The molecule has 3 nitrogen and oxygen atoms in total. The van der Waals surface area contributed by atoms with Crippen LogP contribution in [-0.4, -0.2) is 12.5 Å². The minimum Gasteiger partial charge on any atom is -0.384 e. The zero-order valence-corrected chi connectivity index (χ0v) is 13.8. The number of nitrogens with one attached hydrogen (secondary N) is 2. The van der Waals surface area contributed by atoms with Crippen molar-refractivity contribution in [1.82, 2.24) is 5.32 Å². The average Bonchev–Trinajstić information content (AvgIpc) is 2.49. The van der Waals surface area contributed by atoms with E-state index >= 15 is 0 Å². The van der Waals surface area contributed by atoms with Gasteiger partial charge in [0, 0.05) is 35.2 Å². The second-order valence-electron chi connectivity index (χ2n) is 5.04. The minimum atomic E-state index is 0.00839. The Morgan fingerprint density at radius 1 is 1.05 bits per heavy atom. The molecule has 0 saturated heterocycles. The molecule has 5 heteroatoms. The average molecular weight is 337 g/mol. The maximum atomic E-state index is 11.8. The normalized spacial score (nSPS) is 10.3. The second-order valence-corrected chi connectivity index (χ2v) is 5.91. The number of halogens is 2. The van der Waals surface area contributed by atoms with Gasteiger partial charge in [-0.15, -0.1) is 0 Å². The zero-order chi connectivity index (χ0) is 15.9. The summed E-state index contributed by atoms with van der Waals surface area (Å²) in [5.41, 5.74) is 3.09. The minimum absolute atomic E-state index is 0.00839. The van der Waals surface area contributed by atoms with E-state index in [1.807, 2.05) is 49.4 Å². The standard InChI is InChI=1S/C17H18Cl2N2O/c1-12-10-15(19)6-7-16(12)20-9-8-17(22)21-11-13-2-4-14(18)5-3-13/h2-7,10,20H,8-9,11H2,1H3,(H,21,22). The summed E-state index contributed by atoms with van der Waals surface area (Å²) in [5.74, 6) is 0.00839. The van der Waals surface area contributed by atoms with Crippen LogP contribution in [0.2, 0.25) is 10.0 Å². The summed E-state index contributed by atoms with van der Waals surface area (Å²) in [5, 5.41) is 7.53. The zero-order valence-electron chi connectivity index (χ0n) is 12.3. The van der Waals surface area contributed by atoms with Crippen LogP contribution in [0.5, 0.6) is 0 Å². The molecule has 0 fully saturated rings. The van der Waals surface area contributed by atoms with Crippen LogP contribution < -0.4 is 10.6 Å². The molecule has 0 atom stereocenters. The number of carbonyl (C=O) groups is 1. The Kier molecular flexibility index (Phi) is 6.10. The van der Waals surface area contributed by atoms with Crippen LogP contribution in [0.25, 0.3) is 0 Å². The molecule has 1 amide bonds. The Hall–Kier alpha value is -1.71. The molecular weight excluding hydrogens is 319 g/mol. The number of anilines is 1. The lowest BCUT2D eigenvalue weighted by Gasteiger charge is -2.10. The topological polar surface area (TPSA) is 41.1 Å². The quantitative estimate of drug-likeness (QED) is 0.819. The fourth-order valence-electron chi connectivity index (χ4n) is 2.03. The first-order valence-corrected chi connectivity index (χ1v) is 7.81.